The summed E-state index contributed by atoms with van der Waals surface area (Å²) >= 11 is 0. The van der Waals surface area contributed by atoms with E-state index < -0.39 is 191 Å². The smallest absolute Gasteiger partial charge is 0.303 e. The first-order valence-corrected chi connectivity index (χ1v) is 30.9. The van der Waals surface area contributed by atoms with E-state index in [9.17, 15) is 78.6 Å². The van der Waals surface area contributed by atoms with E-state index in [2.05, 4.69) is 47.2 Å². The molecule has 0 unspecified atom stereocenters. The summed E-state index contributed by atoms with van der Waals surface area (Å²) in [5.74, 6) is -6.26. The molecule has 0 atom stereocenters. The Morgan fingerprint density at radius 1 is 0.426 bits per heavy atom. The summed E-state index contributed by atoms with van der Waals surface area (Å²) in [4.78, 5) is 117. The minimum Gasteiger partial charge on any atom is -0.481 e. The molecule has 2 aromatic rings. The Kier molecular flexibility index (Phi) is 53.5. The van der Waals surface area contributed by atoms with Gasteiger partial charge in [0.2, 0.25) is 23.6 Å². The molecule has 40 nitrogen and oxygen atoms in total. The van der Waals surface area contributed by atoms with Crippen LogP contribution in [0.25, 0.3) is 10.4 Å². The molecular formula is C61H106N12O28. The Labute approximate surface area is 582 Å². The third-order valence-electron chi connectivity index (χ3n) is 15.0. The zero-order valence-electron chi connectivity index (χ0n) is 57.2. The highest BCUT2D eigenvalue weighted by atomic mass is 16.4. The number of carbonyl (C=O) groups is 10. The number of nitrogens with zero attached hydrogens (tertiary/aromatic N) is 3. The van der Waals surface area contributed by atoms with Gasteiger partial charge in [-0.15, -0.1) is 0 Å². The number of benzene rings is 2. The van der Waals surface area contributed by atoms with Crippen LogP contribution in [-0.2, 0) is 33.6 Å². The van der Waals surface area contributed by atoms with Crippen molar-refractivity contribution in [3.63, 3.8) is 0 Å². The summed E-state index contributed by atoms with van der Waals surface area (Å²) < 4.78 is 0. The maximum Gasteiger partial charge on any atom is 0.303 e. The standard InChI is InChI=1S/C19H29NO8.C15H28N4O7.C12H18N2O4.C10H17NO6.C4H11NO3.CH3N3/c1-20-15-3-13(16(27)5-18(7-21,8-22)9-23)2-14(4-15)17(28)6-19(10-24,11-25)12-26;1-11(23)19-15(5-2-12(24)16-8-20,6-3-13(25)17-9-21)7-4-14(26)18-10-22;1-13-10-4-2-9(3-5-10)11(18)14-12(6-15,7-16)8-17;11-10(4-1-7(12)13,5-2-8(14)15)6-3-9(16)17;5-4(1-6,2-7)3-8;1-3-4-2/h2-4,20-26H,5-12H2,1H3;20-22H,2-10H2,1H3,(H,16,24)(H,17,25)(H,18,26)(H,19,23);2-5,13,15-17H,6-8H2,1H3,(H,14,18);1-6,11H2,(H,12,13)(H,14,15)(H,16,17);6-8H,1-3,5H2;1H3. The molecule has 29 N–H and O–H groups in total. The molecule has 2 aromatic carbocycles. The predicted octanol–water partition coefficient (Wildman–Crippen LogP) is -5.76. The molecule has 0 saturated heterocycles. The van der Waals surface area contributed by atoms with Crippen molar-refractivity contribution in [3.05, 3.63) is 69.6 Å². The van der Waals surface area contributed by atoms with Crippen LogP contribution in [0.5, 0.6) is 0 Å². The Balaban J connectivity index is -0.000000597. The van der Waals surface area contributed by atoms with Crippen molar-refractivity contribution in [2.24, 2.45) is 27.4 Å². The van der Waals surface area contributed by atoms with Gasteiger partial charge in [-0.05, 0) is 86.5 Å². The van der Waals surface area contributed by atoms with Gasteiger partial charge < -0.3 is 141 Å². The SMILES string of the molecule is CC(=O)NC(CCC(=O)NCO)(CCC(=O)NCO)CCC(=O)NCO.CN=[N+]=[N-].CNc1cc(C(=O)CC(CO)(CO)CO)cc(C(=O)CC(CO)(CO)CO)c1.CNc1ccc(C(=O)NC(CO)(CO)CO)cc1.NC(CCC(=O)O)(CCC(=O)O)CCC(=O)O.NC(CO)(CO)CO. The Bertz CT molecular complexity index is 2630. The largest absolute Gasteiger partial charge is 0.481 e. The van der Waals surface area contributed by atoms with Gasteiger partial charge >= 0.3 is 17.9 Å². The van der Waals surface area contributed by atoms with Crippen LogP contribution < -0.4 is 48.7 Å². The molecular weight excluding hydrogens is 1350 g/mol. The third kappa shape index (κ3) is 42.6. The van der Waals surface area contributed by atoms with E-state index in [1.54, 1.807) is 38.4 Å². The Hall–Kier alpha value is -8.23. The predicted molar refractivity (Wildman–Crippen MR) is 359 cm³/mol. The second kappa shape index (κ2) is 54.5. The molecule has 5 amide bonds. The maximum absolute atomic E-state index is 12.6. The molecule has 0 aromatic heterocycles. The normalized spacial score (nSPS) is 11.1. The molecule has 40 heteroatoms. The van der Waals surface area contributed by atoms with Crippen LogP contribution in [-0.4, -0.2) is 294 Å². The second-order valence-corrected chi connectivity index (χ2v) is 23.1. The lowest BCUT2D eigenvalue weighted by Gasteiger charge is -2.34. The number of hydrogen-bond acceptors (Lipinski definition) is 30. The molecule has 2 rings (SSSR count). The average molecular weight is 1460 g/mol. The van der Waals surface area contributed by atoms with Crippen LogP contribution in [0.15, 0.2) is 47.6 Å². The molecule has 0 aliphatic rings. The topological polar surface area (TPSA) is 720 Å². The number of aliphatic hydroxyl groups is 15. The number of azide groups is 1. The van der Waals surface area contributed by atoms with Crippen molar-refractivity contribution in [2.75, 3.05) is 131 Å². The van der Waals surface area contributed by atoms with Crippen molar-refractivity contribution in [1.82, 2.24) is 26.6 Å². The van der Waals surface area contributed by atoms with Crippen LogP contribution >= 0.6 is 0 Å². The van der Waals surface area contributed by atoms with Crippen LogP contribution in [0, 0.1) is 10.8 Å². The zero-order chi connectivity index (χ0) is 78.5. The Morgan fingerprint density at radius 3 is 0.970 bits per heavy atom. The van der Waals surface area contributed by atoms with E-state index in [1.807, 2.05) is 0 Å². The van der Waals surface area contributed by atoms with Crippen LogP contribution in [0.4, 0.5) is 11.4 Å². The van der Waals surface area contributed by atoms with E-state index in [1.165, 1.54) is 32.2 Å². The molecule has 0 radical (unpaired) electrons. The van der Waals surface area contributed by atoms with Gasteiger partial charge in [0.05, 0.1) is 84.8 Å². The number of Topliss-reactive ketones (excluding diaryl/α,β-unsaturated/α-hetero) is 2. The number of nitrogens with one attached hydrogen (secondary N) is 7. The van der Waals surface area contributed by atoms with Crippen LogP contribution in [0.3, 0.4) is 0 Å². The van der Waals surface area contributed by atoms with Gasteiger partial charge in [0.1, 0.15) is 25.7 Å². The number of carboxylic acids is 3. The van der Waals surface area contributed by atoms with Crippen molar-refractivity contribution < 1.29 is 140 Å². The monoisotopic (exact) mass is 1450 g/mol. The minimum atomic E-state index is -1.40. The van der Waals surface area contributed by atoms with E-state index in [4.69, 9.17) is 78.3 Å². The average Bonchev–Trinajstić information content (AvgIpc) is 0.823. The highest BCUT2D eigenvalue weighted by Gasteiger charge is 2.36. The summed E-state index contributed by atoms with van der Waals surface area (Å²) in [6.45, 7) is -6.65. The van der Waals surface area contributed by atoms with E-state index in [0.29, 0.717) is 11.3 Å². The lowest BCUT2D eigenvalue weighted by atomic mass is 9.82. The first-order chi connectivity index (χ1) is 47.5. The number of aliphatic carboxylic acids is 3. The highest BCUT2D eigenvalue weighted by molar-refractivity contribution is 6.03. The van der Waals surface area contributed by atoms with E-state index in [-0.39, 0.29) is 101 Å². The summed E-state index contributed by atoms with van der Waals surface area (Å²) in [6, 6.07) is 11.0. The first-order valence-electron chi connectivity index (χ1n) is 30.9. The fraction of sp³-hybridized carbons (Fsp3) is 0.639. The number of carbonyl (C=O) groups excluding carboxylic acids is 7. The number of carboxylic acid groups (broad SMARTS) is 3. The summed E-state index contributed by atoms with van der Waals surface area (Å²) in [6.07, 6.45) is -0.740. The van der Waals surface area contributed by atoms with E-state index in [0.717, 1.165) is 5.69 Å². The second-order valence-electron chi connectivity index (χ2n) is 23.1. The van der Waals surface area contributed by atoms with Gasteiger partial charge in [-0.1, -0.05) is 5.11 Å². The molecule has 0 fully saturated rings. The molecule has 0 aliphatic carbocycles. The molecule has 0 heterocycles. The molecule has 101 heavy (non-hydrogen) atoms. The number of nitrogens with two attached hydrogens (primary N) is 2. The maximum atomic E-state index is 12.6. The number of anilines is 2. The summed E-state index contributed by atoms with van der Waals surface area (Å²) in [5, 5.41) is 181. The van der Waals surface area contributed by atoms with E-state index >= 15 is 0 Å². The van der Waals surface area contributed by atoms with Gasteiger partial charge in [0, 0.05) is 134 Å². The minimum absolute atomic E-state index is 0.0376. The summed E-state index contributed by atoms with van der Waals surface area (Å²) in [7, 11) is 4.75. The number of ketones is 2. The van der Waals surface area contributed by atoms with Crippen LogP contribution in [0.2, 0.25) is 0 Å². The van der Waals surface area contributed by atoms with Crippen molar-refractivity contribution in [1.29, 1.82) is 0 Å². The van der Waals surface area contributed by atoms with Gasteiger partial charge in [-0.2, -0.15) is 0 Å². The quantitative estimate of drug-likeness (QED) is 0.00966. The number of rotatable bonds is 44. The molecule has 578 valence electrons. The first kappa shape index (κ1) is 99.1. The lowest BCUT2D eigenvalue weighted by Crippen LogP contribution is -2.57. The number of aliphatic hydroxyl groups excluding tert-OH is 15. The fourth-order valence-corrected chi connectivity index (χ4v) is 8.10. The highest BCUT2D eigenvalue weighted by Crippen LogP contribution is 2.29. The van der Waals surface area contributed by atoms with Gasteiger partial charge in [0.15, 0.2) is 11.6 Å². The molecule has 0 bridgehead atoms. The third-order valence-corrected chi connectivity index (χ3v) is 15.0. The van der Waals surface area contributed by atoms with Gasteiger partial charge in [0.25, 0.3) is 5.91 Å². The number of hydrogen-bond donors (Lipinski definition) is 27. The van der Waals surface area contributed by atoms with Gasteiger partial charge in [-0.3, -0.25) is 47.9 Å². The molecule has 0 aliphatic heterocycles. The lowest BCUT2D eigenvalue weighted by molar-refractivity contribution is -0.137. The molecule has 0 spiro atoms. The zero-order valence-corrected chi connectivity index (χ0v) is 57.2. The Morgan fingerprint density at radius 2 is 0.743 bits per heavy atom. The number of amides is 5. The van der Waals surface area contributed by atoms with Crippen molar-refractivity contribution >= 4 is 70.4 Å². The summed E-state index contributed by atoms with van der Waals surface area (Å²) in [5.41, 5.74) is 12.9. The van der Waals surface area contributed by atoms with Gasteiger partial charge in [-0.25, -0.2) is 0 Å². The molecule has 0 saturated carbocycles. The fourth-order valence-electron chi connectivity index (χ4n) is 8.10. The van der Waals surface area contributed by atoms with Crippen molar-refractivity contribution in [3.8, 4) is 0 Å². The van der Waals surface area contributed by atoms with Crippen molar-refractivity contribution in [2.45, 2.75) is 119 Å². The van der Waals surface area contributed by atoms with Crippen LogP contribution in [0.1, 0.15) is 128 Å².